The van der Waals surface area contributed by atoms with Gasteiger partial charge in [0.25, 0.3) is 0 Å². The first-order valence-corrected chi connectivity index (χ1v) is 12.4. The van der Waals surface area contributed by atoms with Crippen LogP contribution in [0.2, 0.25) is 0 Å². The minimum atomic E-state index is -3.84. The molecule has 0 unspecified atom stereocenters. The molecule has 0 saturated heterocycles. The van der Waals surface area contributed by atoms with Gasteiger partial charge in [-0.2, -0.15) is 4.31 Å². The Hall–Kier alpha value is -2.71. The first-order valence-electron chi connectivity index (χ1n) is 10.9. The average molecular weight is 456 g/mol. The largest absolute Gasteiger partial charge is 0.348 e. The van der Waals surface area contributed by atoms with E-state index in [2.05, 4.69) is 11.4 Å². The molecule has 0 saturated carbocycles. The van der Waals surface area contributed by atoms with E-state index in [-0.39, 0.29) is 35.3 Å². The Labute approximate surface area is 189 Å². The molecular weight excluding hydrogens is 426 g/mol. The first-order chi connectivity index (χ1) is 15.2. The van der Waals surface area contributed by atoms with Gasteiger partial charge in [-0.1, -0.05) is 24.3 Å². The van der Waals surface area contributed by atoms with Crippen LogP contribution in [0.1, 0.15) is 49.4 Å². The van der Waals surface area contributed by atoms with Crippen LogP contribution >= 0.6 is 0 Å². The van der Waals surface area contributed by atoms with Crippen molar-refractivity contribution in [2.75, 3.05) is 18.5 Å². The fraction of sp³-hybridized carbons (Fsp3) is 0.417. The number of benzene rings is 2. The third-order valence-electron chi connectivity index (χ3n) is 6.38. The molecule has 0 radical (unpaired) electrons. The number of hydrogen-bond acceptors (Lipinski definition) is 4. The summed E-state index contributed by atoms with van der Waals surface area (Å²) in [5, 5.41) is 3.01. The van der Waals surface area contributed by atoms with Gasteiger partial charge in [-0.3, -0.25) is 9.59 Å². The number of likely N-dealkylation sites (N-methyl/N-ethyl adjacent to an activating group) is 1. The quantitative estimate of drug-likeness (QED) is 0.751. The van der Waals surface area contributed by atoms with Gasteiger partial charge in [0.05, 0.1) is 17.5 Å². The average Bonchev–Trinajstić information content (AvgIpc) is 3.09. The zero-order chi connectivity index (χ0) is 23.0. The van der Waals surface area contributed by atoms with E-state index in [1.54, 1.807) is 17.0 Å². The molecule has 2 aromatic carbocycles. The van der Waals surface area contributed by atoms with Crippen molar-refractivity contribution in [3.8, 4) is 0 Å². The van der Waals surface area contributed by atoms with E-state index in [9.17, 15) is 18.0 Å². The normalized spacial score (nSPS) is 20.1. The Morgan fingerprint density at radius 2 is 1.91 bits per heavy atom. The van der Waals surface area contributed by atoms with Crippen LogP contribution in [0, 0.1) is 0 Å². The summed E-state index contributed by atoms with van der Waals surface area (Å²) in [4.78, 5) is 26.4. The van der Waals surface area contributed by atoms with Crippen LogP contribution in [0.5, 0.6) is 0 Å². The van der Waals surface area contributed by atoms with E-state index in [0.717, 1.165) is 40.4 Å². The molecule has 2 aromatic rings. The molecule has 32 heavy (non-hydrogen) atoms. The molecule has 0 aromatic heterocycles. The Morgan fingerprint density at radius 1 is 1.16 bits per heavy atom. The fourth-order valence-electron chi connectivity index (χ4n) is 4.86. The first kappa shape index (κ1) is 22.5. The monoisotopic (exact) mass is 455 g/mol. The van der Waals surface area contributed by atoms with Crippen LogP contribution in [-0.4, -0.2) is 44.2 Å². The Bertz CT molecular complexity index is 1160. The van der Waals surface area contributed by atoms with Crippen molar-refractivity contribution in [3.63, 3.8) is 0 Å². The van der Waals surface area contributed by atoms with Crippen molar-refractivity contribution in [2.45, 2.75) is 56.5 Å². The summed E-state index contributed by atoms with van der Waals surface area (Å²) in [5.74, 6) is -0.389. The molecule has 4 rings (SSSR count). The summed E-state index contributed by atoms with van der Waals surface area (Å²) in [6.45, 7) is 3.19. The Kier molecular flexibility index (Phi) is 6.09. The number of sulfonamides is 1. The van der Waals surface area contributed by atoms with Crippen molar-refractivity contribution in [1.29, 1.82) is 0 Å². The number of carbonyl (C=O) groups is 2. The molecular formula is C24H29N3O4S. The SMILES string of the molecule is CC(=O)N1c2ccc(S(=O)(=O)N(C)CC(=O)N[C@@H]3CCCc4ccccc43)cc2C[C@H]1C. The van der Waals surface area contributed by atoms with Crippen molar-refractivity contribution >= 4 is 27.5 Å². The van der Waals surface area contributed by atoms with Crippen molar-refractivity contribution in [1.82, 2.24) is 9.62 Å². The zero-order valence-corrected chi connectivity index (χ0v) is 19.5. The number of fused-ring (bicyclic) bond motifs is 2. The minimum Gasteiger partial charge on any atom is -0.348 e. The topological polar surface area (TPSA) is 86.8 Å². The molecule has 2 aliphatic rings. The second-order valence-electron chi connectivity index (χ2n) is 8.70. The van der Waals surface area contributed by atoms with Crippen LogP contribution in [0.3, 0.4) is 0 Å². The predicted molar refractivity (Wildman–Crippen MR) is 123 cm³/mol. The van der Waals surface area contributed by atoms with Crippen molar-refractivity contribution < 1.29 is 18.0 Å². The van der Waals surface area contributed by atoms with Crippen LogP contribution in [0.15, 0.2) is 47.4 Å². The molecule has 7 nitrogen and oxygen atoms in total. The van der Waals surface area contributed by atoms with E-state index < -0.39 is 10.0 Å². The number of anilines is 1. The smallest absolute Gasteiger partial charge is 0.243 e. The van der Waals surface area contributed by atoms with Crippen LogP contribution in [0.4, 0.5) is 5.69 Å². The summed E-state index contributed by atoms with van der Waals surface area (Å²) in [5.41, 5.74) is 3.92. The number of rotatable bonds is 5. The highest BCUT2D eigenvalue weighted by molar-refractivity contribution is 7.89. The third-order valence-corrected chi connectivity index (χ3v) is 8.18. The van der Waals surface area contributed by atoms with Crippen LogP contribution in [0.25, 0.3) is 0 Å². The Morgan fingerprint density at radius 3 is 2.66 bits per heavy atom. The molecule has 0 spiro atoms. The van der Waals surface area contributed by atoms with Gasteiger partial charge in [-0.05, 0) is 67.5 Å². The number of amides is 2. The van der Waals surface area contributed by atoms with Crippen molar-refractivity contribution in [2.24, 2.45) is 0 Å². The summed E-state index contributed by atoms with van der Waals surface area (Å²) in [7, 11) is -2.42. The number of carbonyl (C=O) groups excluding carboxylic acids is 2. The lowest BCUT2D eigenvalue weighted by Crippen LogP contribution is -2.40. The molecule has 0 bridgehead atoms. The molecule has 1 aliphatic heterocycles. The second kappa shape index (κ2) is 8.67. The Balaban J connectivity index is 1.47. The zero-order valence-electron chi connectivity index (χ0n) is 18.7. The van der Waals surface area contributed by atoms with Gasteiger partial charge in [-0.15, -0.1) is 0 Å². The molecule has 1 aliphatic carbocycles. The fourth-order valence-corrected chi connectivity index (χ4v) is 6.04. The highest BCUT2D eigenvalue weighted by Gasteiger charge is 2.32. The summed E-state index contributed by atoms with van der Waals surface area (Å²) >= 11 is 0. The minimum absolute atomic E-state index is 0.0117. The molecule has 170 valence electrons. The number of aryl methyl sites for hydroxylation is 1. The summed E-state index contributed by atoms with van der Waals surface area (Å²) < 4.78 is 27.3. The molecule has 2 amide bonds. The van der Waals surface area contributed by atoms with E-state index >= 15 is 0 Å². The van der Waals surface area contributed by atoms with Crippen molar-refractivity contribution in [3.05, 3.63) is 59.2 Å². The number of hydrogen-bond donors (Lipinski definition) is 1. The summed E-state index contributed by atoms with van der Waals surface area (Å²) in [6, 6.07) is 12.8. The van der Waals surface area contributed by atoms with E-state index in [4.69, 9.17) is 0 Å². The lowest BCUT2D eigenvalue weighted by atomic mass is 9.88. The van der Waals surface area contributed by atoms with Gasteiger partial charge < -0.3 is 10.2 Å². The second-order valence-corrected chi connectivity index (χ2v) is 10.7. The highest BCUT2D eigenvalue weighted by Crippen LogP contribution is 2.34. The van der Waals surface area contributed by atoms with Gasteiger partial charge in [0.2, 0.25) is 21.8 Å². The van der Waals surface area contributed by atoms with Crippen LogP contribution in [-0.2, 0) is 32.5 Å². The predicted octanol–water partition coefficient (Wildman–Crippen LogP) is 2.80. The van der Waals surface area contributed by atoms with Gasteiger partial charge in [0.1, 0.15) is 0 Å². The lowest BCUT2D eigenvalue weighted by molar-refractivity contribution is -0.122. The molecule has 2 atom stereocenters. The highest BCUT2D eigenvalue weighted by atomic mass is 32.2. The van der Waals surface area contributed by atoms with E-state index in [1.807, 2.05) is 25.1 Å². The maximum atomic E-state index is 13.1. The van der Waals surface area contributed by atoms with E-state index in [1.165, 1.54) is 25.6 Å². The van der Waals surface area contributed by atoms with Gasteiger partial charge >= 0.3 is 0 Å². The maximum absolute atomic E-state index is 13.1. The summed E-state index contributed by atoms with van der Waals surface area (Å²) in [6.07, 6.45) is 3.42. The third kappa shape index (κ3) is 4.17. The molecule has 1 N–H and O–H groups in total. The van der Waals surface area contributed by atoms with Gasteiger partial charge in [0.15, 0.2) is 0 Å². The van der Waals surface area contributed by atoms with E-state index in [0.29, 0.717) is 6.42 Å². The van der Waals surface area contributed by atoms with Crippen LogP contribution < -0.4 is 10.2 Å². The van der Waals surface area contributed by atoms with Gasteiger partial charge in [0, 0.05) is 25.7 Å². The number of nitrogens with one attached hydrogen (secondary N) is 1. The van der Waals surface area contributed by atoms with Gasteiger partial charge in [-0.25, -0.2) is 8.42 Å². The molecule has 1 heterocycles. The standard InChI is InChI=1S/C24H29N3O4S/c1-16-13-19-14-20(11-12-23(19)27(16)17(2)28)32(30,31)26(3)15-24(29)25-22-10-6-8-18-7-4-5-9-21(18)22/h4-5,7,9,11-12,14,16,22H,6,8,10,13,15H2,1-3H3,(H,25,29)/t16-,22-/m1/s1. The molecule has 0 fully saturated rings. The maximum Gasteiger partial charge on any atom is 0.243 e. The number of nitrogens with zero attached hydrogens (tertiary/aromatic N) is 2. The molecule has 8 heteroatoms. The lowest BCUT2D eigenvalue weighted by Gasteiger charge is -2.27.